The van der Waals surface area contributed by atoms with Gasteiger partial charge in [0.15, 0.2) is 5.96 Å². The number of benzene rings is 2. The SMILES string of the molecule is CN(C)C(=NCc1ccccc1)NCCC(=O)N1CCN(c2ccccc2)CC1. The lowest BCUT2D eigenvalue weighted by Crippen LogP contribution is -2.49. The largest absolute Gasteiger partial charge is 0.368 e. The molecule has 6 heteroatoms. The Kier molecular flexibility index (Phi) is 7.50. The molecule has 1 aliphatic heterocycles. The maximum atomic E-state index is 12.6. The van der Waals surface area contributed by atoms with Gasteiger partial charge in [-0.3, -0.25) is 4.79 Å². The molecule has 1 saturated heterocycles. The second-order valence-electron chi connectivity index (χ2n) is 7.40. The van der Waals surface area contributed by atoms with Crippen LogP contribution in [0.2, 0.25) is 0 Å². The summed E-state index contributed by atoms with van der Waals surface area (Å²) in [6.07, 6.45) is 0.476. The highest BCUT2D eigenvalue weighted by Crippen LogP contribution is 2.15. The van der Waals surface area contributed by atoms with Crippen LogP contribution in [0.3, 0.4) is 0 Å². The molecule has 29 heavy (non-hydrogen) atoms. The molecule has 3 rings (SSSR count). The fourth-order valence-electron chi connectivity index (χ4n) is 3.40. The van der Waals surface area contributed by atoms with E-state index in [-0.39, 0.29) is 5.91 Å². The average Bonchev–Trinajstić information content (AvgIpc) is 2.77. The minimum absolute atomic E-state index is 0.200. The summed E-state index contributed by atoms with van der Waals surface area (Å²) in [5.74, 6) is 1.00. The smallest absolute Gasteiger partial charge is 0.224 e. The third-order valence-corrected chi connectivity index (χ3v) is 5.05. The molecule has 0 saturated carbocycles. The number of rotatable bonds is 6. The van der Waals surface area contributed by atoms with Crippen molar-refractivity contribution in [3.05, 3.63) is 66.2 Å². The number of para-hydroxylation sites is 1. The van der Waals surface area contributed by atoms with E-state index < -0.39 is 0 Å². The van der Waals surface area contributed by atoms with Gasteiger partial charge in [-0.25, -0.2) is 4.99 Å². The van der Waals surface area contributed by atoms with E-state index in [1.54, 1.807) is 0 Å². The van der Waals surface area contributed by atoms with Gasteiger partial charge >= 0.3 is 0 Å². The molecule has 154 valence electrons. The van der Waals surface area contributed by atoms with Crippen LogP contribution in [0.1, 0.15) is 12.0 Å². The lowest BCUT2D eigenvalue weighted by atomic mass is 10.2. The second-order valence-corrected chi connectivity index (χ2v) is 7.40. The highest BCUT2D eigenvalue weighted by Gasteiger charge is 2.20. The third-order valence-electron chi connectivity index (χ3n) is 5.05. The number of nitrogens with zero attached hydrogens (tertiary/aromatic N) is 4. The Morgan fingerprint density at radius 3 is 2.21 bits per heavy atom. The molecule has 0 radical (unpaired) electrons. The number of carbonyl (C=O) groups is 1. The first-order valence-corrected chi connectivity index (χ1v) is 10.2. The van der Waals surface area contributed by atoms with E-state index in [1.807, 2.05) is 48.2 Å². The lowest BCUT2D eigenvalue weighted by molar-refractivity contribution is -0.131. The van der Waals surface area contributed by atoms with Crippen molar-refractivity contribution in [1.29, 1.82) is 0 Å². The zero-order chi connectivity index (χ0) is 20.5. The van der Waals surface area contributed by atoms with Crippen LogP contribution in [0.5, 0.6) is 0 Å². The zero-order valence-corrected chi connectivity index (χ0v) is 17.4. The molecule has 6 nitrogen and oxygen atoms in total. The van der Waals surface area contributed by atoms with Crippen LogP contribution in [0.15, 0.2) is 65.7 Å². The van der Waals surface area contributed by atoms with Gasteiger partial charge in [0.25, 0.3) is 0 Å². The number of aliphatic imine (C=N–C) groups is 1. The Morgan fingerprint density at radius 2 is 1.59 bits per heavy atom. The van der Waals surface area contributed by atoms with E-state index in [9.17, 15) is 4.79 Å². The molecule has 0 aliphatic carbocycles. The molecular formula is C23H31N5O. The van der Waals surface area contributed by atoms with Crippen LogP contribution in [0, 0.1) is 0 Å². The predicted octanol–water partition coefficient (Wildman–Crippen LogP) is 2.43. The van der Waals surface area contributed by atoms with Gasteiger partial charge in [0.05, 0.1) is 6.54 Å². The monoisotopic (exact) mass is 393 g/mol. The van der Waals surface area contributed by atoms with Crippen LogP contribution >= 0.6 is 0 Å². The van der Waals surface area contributed by atoms with Crippen molar-refractivity contribution in [2.75, 3.05) is 51.7 Å². The standard InChI is InChI=1S/C23H31N5O/c1-26(2)23(25-19-20-9-5-3-6-10-20)24-14-13-22(29)28-17-15-27(16-18-28)21-11-7-4-8-12-21/h3-12H,13-19H2,1-2H3,(H,24,25). The number of guanidine groups is 1. The molecule has 0 unspecified atom stereocenters. The fourth-order valence-corrected chi connectivity index (χ4v) is 3.40. The minimum Gasteiger partial charge on any atom is -0.368 e. The van der Waals surface area contributed by atoms with Crippen LogP contribution in [-0.2, 0) is 11.3 Å². The Bertz CT molecular complexity index is 783. The lowest BCUT2D eigenvalue weighted by Gasteiger charge is -2.36. The topological polar surface area (TPSA) is 51.2 Å². The van der Waals surface area contributed by atoms with Gasteiger partial charge in [-0.2, -0.15) is 0 Å². The van der Waals surface area contributed by atoms with Crippen LogP contribution in [-0.4, -0.2) is 68.5 Å². The molecule has 1 heterocycles. The zero-order valence-electron chi connectivity index (χ0n) is 17.4. The second kappa shape index (κ2) is 10.5. The van der Waals surface area contributed by atoms with Gasteiger partial charge < -0.3 is 20.0 Å². The van der Waals surface area contributed by atoms with E-state index in [4.69, 9.17) is 0 Å². The summed E-state index contributed by atoms with van der Waals surface area (Å²) < 4.78 is 0. The molecule has 1 amide bonds. The first-order chi connectivity index (χ1) is 14.1. The molecule has 2 aromatic carbocycles. The Balaban J connectivity index is 1.42. The highest BCUT2D eigenvalue weighted by molar-refractivity contribution is 5.81. The molecule has 0 atom stereocenters. The highest BCUT2D eigenvalue weighted by atomic mass is 16.2. The van der Waals surface area contributed by atoms with E-state index >= 15 is 0 Å². The number of anilines is 1. The van der Waals surface area contributed by atoms with Crippen LogP contribution in [0.25, 0.3) is 0 Å². The number of carbonyl (C=O) groups excluding carboxylic acids is 1. The minimum atomic E-state index is 0.200. The Labute approximate surface area is 173 Å². The fraction of sp³-hybridized carbons (Fsp3) is 0.391. The predicted molar refractivity (Wildman–Crippen MR) is 119 cm³/mol. The summed E-state index contributed by atoms with van der Waals surface area (Å²) in [6, 6.07) is 20.6. The van der Waals surface area contributed by atoms with Crippen molar-refractivity contribution in [3.8, 4) is 0 Å². The summed E-state index contributed by atoms with van der Waals surface area (Å²) in [5, 5.41) is 3.31. The van der Waals surface area contributed by atoms with Gasteiger partial charge in [0.1, 0.15) is 0 Å². The number of amides is 1. The molecule has 0 bridgehead atoms. The van der Waals surface area contributed by atoms with Crippen molar-refractivity contribution >= 4 is 17.6 Å². The number of hydrogen-bond donors (Lipinski definition) is 1. The quantitative estimate of drug-likeness (QED) is 0.605. The summed E-state index contributed by atoms with van der Waals surface area (Å²) in [5.41, 5.74) is 2.40. The van der Waals surface area contributed by atoms with Gasteiger partial charge in [0, 0.05) is 58.9 Å². The number of hydrogen-bond acceptors (Lipinski definition) is 3. The maximum absolute atomic E-state index is 12.6. The van der Waals surface area contributed by atoms with E-state index in [2.05, 4.69) is 51.6 Å². The Morgan fingerprint density at radius 1 is 0.966 bits per heavy atom. The van der Waals surface area contributed by atoms with Crippen molar-refractivity contribution in [2.24, 2.45) is 4.99 Å². The first-order valence-electron chi connectivity index (χ1n) is 10.2. The molecule has 1 fully saturated rings. The number of nitrogens with one attached hydrogen (secondary N) is 1. The van der Waals surface area contributed by atoms with E-state index in [0.29, 0.717) is 19.5 Å². The molecule has 0 aromatic heterocycles. The molecule has 1 N–H and O–H groups in total. The van der Waals surface area contributed by atoms with Gasteiger partial charge in [0.2, 0.25) is 5.91 Å². The molecular weight excluding hydrogens is 362 g/mol. The van der Waals surface area contributed by atoms with Crippen LogP contribution in [0.4, 0.5) is 5.69 Å². The van der Waals surface area contributed by atoms with Crippen molar-refractivity contribution in [3.63, 3.8) is 0 Å². The first kappa shape index (κ1) is 20.7. The average molecular weight is 394 g/mol. The molecule has 0 spiro atoms. The van der Waals surface area contributed by atoms with Gasteiger partial charge in [-0.05, 0) is 17.7 Å². The number of piperazine rings is 1. The van der Waals surface area contributed by atoms with Gasteiger partial charge in [-0.15, -0.1) is 0 Å². The van der Waals surface area contributed by atoms with Crippen molar-refractivity contribution in [2.45, 2.75) is 13.0 Å². The van der Waals surface area contributed by atoms with E-state index in [1.165, 1.54) is 11.3 Å². The summed E-state index contributed by atoms with van der Waals surface area (Å²) >= 11 is 0. The molecule has 2 aromatic rings. The van der Waals surface area contributed by atoms with Gasteiger partial charge in [-0.1, -0.05) is 48.5 Å². The van der Waals surface area contributed by atoms with Crippen molar-refractivity contribution in [1.82, 2.24) is 15.1 Å². The summed E-state index contributed by atoms with van der Waals surface area (Å²) in [4.78, 5) is 23.5. The normalized spacial score (nSPS) is 14.6. The third kappa shape index (κ3) is 6.24. The summed E-state index contributed by atoms with van der Waals surface area (Å²) in [6.45, 7) is 4.52. The van der Waals surface area contributed by atoms with Crippen molar-refractivity contribution < 1.29 is 4.79 Å². The van der Waals surface area contributed by atoms with Crippen LogP contribution < -0.4 is 10.2 Å². The maximum Gasteiger partial charge on any atom is 0.224 e. The Hall–Kier alpha value is -3.02. The summed E-state index contributed by atoms with van der Waals surface area (Å²) in [7, 11) is 3.92. The van der Waals surface area contributed by atoms with E-state index in [0.717, 1.165) is 32.1 Å². The molecule has 1 aliphatic rings.